The fourth-order valence-electron chi connectivity index (χ4n) is 8.82. The molecular weight excluding hydrogens is 889 g/mol. The van der Waals surface area contributed by atoms with Gasteiger partial charge in [0.25, 0.3) is 0 Å². The molecular formula is C66H116O6. The topological polar surface area (TPSA) is 78.9 Å². The highest BCUT2D eigenvalue weighted by atomic mass is 16.6. The van der Waals surface area contributed by atoms with Crippen LogP contribution in [0.5, 0.6) is 0 Å². The Kier molecular flexibility index (Phi) is 57.8. The van der Waals surface area contributed by atoms with Crippen molar-refractivity contribution in [2.75, 3.05) is 13.2 Å². The molecule has 416 valence electrons. The van der Waals surface area contributed by atoms with Gasteiger partial charge in [0.05, 0.1) is 0 Å². The van der Waals surface area contributed by atoms with Gasteiger partial charge in [-0.05, 0) is 89.9 Å². The first-order chi connectivity index (χ1) is 35.5. The molecule has 0 aromatic rings. The third-order valence-corrected chi connectivity index (χ3v) is 13.4. The Morgan fingerprint density at radius 2 is 0.542 bits per heavy atom. The van der Waals surface area contributed by atoms with Crippen LogP contribution in [0.3, 0.4) is 0 Å². The van der Waals surface area contributed by atoms with Crippen molar-refractivity contribution in [3.05, 3.63) is 72.9 Å². The van der Waals surface area contributed by atoms with Crippen LogP contribution in [0.25, 0.3) is 0 Å². The van der Waals surface area contributed by atoms with E-state index in [-0.39, 0.29) is 31.1 Å². The highest BCUT2D eigenvalue weighted by molar-refractivity contribution is 5.71. The smallest absolute Gasteiger partial charge is 0.306 e. The Morgan fingerprint density at radius 1 is 0.292 bits per heavy atom. The van der Waals surface area contributed by atoms with Crippen LogP contribution in [0, 0.1) is 0 Å². The predicted octanol–water partition coefficient (Wildman–Crippen LogP) is 20.9. The van der Waals surface area contributed by atoms with Crippen LogP contribution in [-0.2, 0) is 28.6 Å². The number of hydrogen-bond donors (Lipinski definition) is 0. The van der Waals surface area contributed by atoms with E-state index in [1.54, 1.807) is 0 Å². The van der Waals surface area contributed by atoms with Gasteiger partial charge in [0, 0.05) is 19.3 Å². The number of allylic oxidation sites excluding steroid dienone is 12. The molecule has 0 fully saturated rings. The summed E-state index contributed by atoms with van der Waals surface area (Å²) in [5.74, 6) is -0.888. The van der Waals surface area contributed by atoms with Crippen LogP contribution in [0.2, 0.25) is 0 Å². The van der Waals surface area contributed by atoms with Gasteiger partial charge in [0.1, 0.15) is 13.2 Å². The van der Waals surface area contributed by atoms with Gasteiger partial charge in [0.2, 0.25) is 0 Å². The molecule has 0 saturated carbocycles. The van der Waals surface area contributed by atoms with Crippen LogP contribution in [-0.4, -0.2) is 37.2 Å². The second kappa shape index (κ2) is 60.4. The zero-order valence-electron chi connectivity index (χ0n) is 47.7. The lowest BCUT2D eigenvalue weighted by Crippen LogP contribution is -2.30. The quantitative estimate of drug-likeness (QED) is 0.0261. The van der Waals surface area contributed by atoms with Crippen molar-refractivity contribution in [2.45, 2.75) is 316 Å². The number of unbranched alkanes of at least 4 members (excludes halogenated alkanes) is 33. The lowest BCUT2D eigenvalue weighted by molar-refractivity contribution is -0.167. The van der Waals surface area contributed by atoms with E-state index in [1.807, 2.05) is 0 Å². The van der Waals surface area contributed by atoms with Gasteiger partial charge in [-0.1, -0.05) is 273 Å². The maximum absolute atomic E-state index is 12.9. The minimum absolute atomic E-state index is 0.0801. The molecule has 0 spiro atoms. The fourth-order valence-corrected chi connectivity index (χ4v) is 8.82. The minimum atomic E-state index is -0.783. The van der Waals surface area contributed by atoms with E-state index in [0.717, 1.165) is 109 Å². The summed E-state index contributed by atoms with van der Waals surface area (Å²) in [6, 6.07) is 0. The minimum Gasteiger partial charge on any atom is -0.462 e. The van der Waals surface area contributed by atoms with E-state index in [0.29, 0.717) is 19.3 Å². The van der Waals surface area contributed by atoms with Gasteiger partial charge in [-0.25, -0.2) is 0 Å². The summed E-state index contributed by atoms with van der Waals surface area (Å²) in [4.78, 5) is 38.2. The zero-order valence-corrected chi connectivity index (χ0v) is 47.7. The number of rotatable bonds is 56. The van der Waals surface area contributed by atoms with Crippen molar-refractivity contribution in [2.24, 2.45) is 0 Å². The van der Waals surface area contributed by atoms with E-state index in [9.17, 15) is 14.4 Å². The van der Waals surface area contributed by atoms with E-state index < -0.39 is 6.10 Å². The monoisotopic (exact) mass is 1000 g/mol. The molecule has 0 aliphatic heterocycles. The van der Waals surface area contributed by atoms with Crippen LogP contribution < -0.4 is 0 Å². The van der Waals surface area contributed by atoms with Gasteiger partial charge in [0.15, 0.2) is 6.10 Å². The third kappa shape index (κ3) is 57.7. The predicted molar refractivity (Wildman–Crippen MR) is 311 cm³/mol. The van der Waals surface area contributed by atoms with Gasteiger partial charge in [-0.15, -0.1) is 0 Å². The third-order valence-electron chi connectivity index (χ3n) is 13.4. The van der Waals surface area contributed by atoms with Crippen molar-refractivity contribution in [3.63, 3.8) is 0 Å². The molecule has 0 rings (SSSR count). The molecule has 0 amide bonds. The first-order valence-electron chi connectivity index (χ1n) is 30.9. The number of carbonyl (C=O) groups excluding carboxylic acids is 3. The second-order valence-corrected chi connectivity index (χ2v) is 20.6. The van der Waals surface area contributed by atoms with Crippen molar-refractivity contribution in [1.82, 2.24) is 0 Å². The highest BCUT2D eigenvalue weighted by Crippen LogP contribution is 2.16. The summed E-state index contributed by atoms with van der Waals surface area (Å²) in [5, 5.41) is 0. The van der Waals surface area contributed by atoms with Crippen molar-refractivity contribution in [3.8, 4) is 0 Å². The Labute approximate surface area is 446 Å². The van der Waals surface area contributed by atoms with Gasteiger partial charge in [-0.3, -0.25) is 14.4 Å². The molecule has 0 aromatic carbocycles. The molecule has 0 aliphatic rings. The highest BCUT2D eigenvalue weighted by Gasteiger charge is 2.19. The first-order valence-corrected chi connectivity index (χ1v) is 30.9. The molecule has 1 unspecified atom stereocenters. The second-order valence-electron chi connectivity index (χ2n) is 20.6. The average Bonchev–Trinajstić information content (AvgIpc) is 3.38. The molecule has 6 heteroatoms. The molecule has 0 aliphatic carbocycles. The first kappa shape index (κ1) is 68.8. The average molecular weight is 1010 g/mol. The lowest BCUT2D eigenvalue weighted by Gasteiger charge is -2.18. The molecule has 1 atom stereocenters. The van der Waals surface area contributed by atoms with E-state index in [1.165, 1.54) is 161 Å². The summed E-state index contributed by atoms with van der Waals surface area (Å²) >= 11 is 0. The Balaban J connectivity index is 4.25. The van der Waals surface area contributed by atoms with E-state index >= 15 is 0 Å². The van der Waals surface area contributed by atoms with Crippen LogP contribution in [0.4, 0.5) is 0 Å². The van der Waals surface area contributed by atoms with E-state index in [2.05, 4.69) is 93.7 Å². The summed E-state index contributed by atoms with van der Waals surface area (Å²) < 4.78 is 16.9. The number of hydrogen-bond acceptors (Lipinski definition) is 6. The fraction of sp³-hybridized carbons (Fsp3) is 0.773. The summed E-state index contributed by atoms with van der Waals surface area (Å²) in [6.45, 7) is 6.52. The molecule has 0 N–H and O–H groups in total. The number of carbonyl (C=O) groups is 3. The number of ether oxygens (including phenoxy) is 3. The summed E-state index contributed by atoms with van der Waals surface area (Å²) in [7, 11) is 0. The largest absolute Gasteiger partial charge is 0.462 e. The van der Waals surface area contributed by atoms with Crippen LogP contribution >= 0.6 is 0 Å². The van der Waals surface area contributed by atoms with Gasteiger partial charge >= 0.3 is 17.9 Å². The van der Waals surface area contributed by atoms with Crippen molar-refractivity contribution >= 4 is 17.9 Å². The standard InChI is InChI=1S/C66H116O6/c1-4-7-10-13-16-19-22-25-27-28-29-30-31-32-33-34-35-36-37-38-40-41-44-47-50-53-56-59-65(68)71-62-63(61-70-64(67)58-55-52-49-46-43-24-21-18-15-12-9-6-3)72-66(69)60-57-54-51-48-45-42-39-26-23-20-17-14-11-8-5-2/h8,11,17,20,22,25-26,28-29,31-32,39,63H,4-7,9-10,12-16,18-19,21,23-24,27,30,33-38,40-62H2,1-3H3/b11-8-,20-17-,25-22-,29-28-,32-31-,39-26-. The zero-order chi connectivity index (χ0) is 52.2. The van der Waals surface area contributed by atoms with Gasteiger partial charge in [-0.2, -0.15) is 0 Å². The Bertz CT molecular complexity index is 1340. The SMILES string of the molecule is CC/C=C\C/C=C\C/C=C\CCCCCCCC(=O)OC(COC(=O)CCCCCCCCCCCCCC)COC(=O)CCCCCCCCCCCCCC/C=C\C/C=C\C/C=C\CCCCCCC. The molecule has 72 heavy (non-hydrogen) atoms. The summed E-state index contributed by atoms with van der Waals surface area (Å²) in [6.07, 6.45) is 77.6. The maximum atomic E-state index is 12.9. The molecule has 0 aromatic heterocycles. The van der Waals surface area contributed by atoms with E-state index in [4.69, 9.17) is 14.2 Å². The molecule has 0 saturated heterocycles. The summed E-state index contributed by atoms with van der Waals surface area (Å²) in [5.41, 5.74) is 0. The van der Waals surface area contributed by atoms with Crippen LogP contribution in [0.15, 0.2) is 72.9 Å². The molecule has 0 heterocycles. The van der Waals surface area contributed by atoms with Crippen molar-refractivity contribution in [1.29, 1.82) is 0 Å². The maximum Gasteiger partial charge on any atom is 0.306 e. The molecule has 0 bridgehead atoms. The molecule has 0 radical (unpaired) electrons. The Hall–Kier alpha value is -3.15. The van der Waals surface area contributed by atoms with Crippen molar-refractivity contribution < 1.29 is 28.6 Å². The Morgan fingerprint density at radius 3 is 0.847 bits per heavy atom. The van der Waals surface area contributed by atoms with Crippen LogP contribution in [0.1, 0.15) is 310 Å². The molecule has 6 nitrogen and oxygen atoms in total. The van der Waals surface area contributed by atoms with Gasteiger partial charge < -0.3 is 14.2 Å². The lowest BCUT2D eigenvalue weighted by atomic mass is 10.0. The normalized spacial score (nSPS) is 12.5. The number of esters is 3.